The summed E-state index contributed by atoms with van der Waals surface area (Å²) in [6.45, 7) is 5.27. The number of aromatic nitrogens is 2. The van der Waals surface area contributed by atoms with Gasteiger partial charge in [-0.25, -0.2) is 0 Å². The van der Waals surface area contributed by atoms with E-state index in [1.807, 2.05) is 32.0 Å². The number of hydrogen-bond acceptors (Lipinski definition) is 4. The van der Waals surface area contributed by atoms with Crippen LogP contribution in [0.4, 0.5) is 5.69 Å². The molecule has 2 amide bonds. The second-order valence-electron chi connectivity index (χ2n) is 7.12. The van der Waals surface area contributed by atoms with E-state index in [9.17, 15) is 14.9 Å². The number of nitrogens with zero attached hydrogens (tertiary/aromatic N) is 2. The monoisotopic (exact) mass is 375 g/mol. The maximum absolute atomic E-state index is 12.5. The molecule has 3 aromatic rings. The number of nitriles is 1. The van der Waals surface area contributed by atoms with Gasteiger partial charge < -0.3 is 10.6 Å². The highest BCUT2D eigenvalue weighted by Crippen LogP contribution is 2.23. The molecule has 0 bridgehead atoms. The number of amides is 2. The maximum Gasteiger partial charge on any atom is 0.273 e. The molecule has 0 saturated carbocycles. The molecule has 0 aliphatic carbocycles. The standard InChI is InChI=1S/C21H21N5O2/c1-13(23-20(28)18-16-6-4-5-7-17(16)25-26-18)19(27)24-15-10-8-14(9-11-15)21(2,3)12-22/h4-11,13H,1-3H3,(H,23,28)(H,24,27)(H,25,26). The van der Waals surface area contributed by atoms with Gasteiger partial charge in [-0.1, -0.05) is 30.3 Å². The topological polar surface area (TPSA) is 111 Å². The van der Waals surface area contributed by atoms with Gasteiger partial charge in [-0.05, 0) is 44.5 Å². The summed E-state index contributed by atoms with van der Waals surface area (Å²) in [6, 6.07) is 15.9. The highest BCUT2D eigenvalue weighted by molar-refractivity contribution is 6.06. The van der Waals surface area contributed by atoms with E-state index in [4.69, 9.17) is 0 Å². The predicted molar refractivity (Wildman–Crippen MR) is 107 cm³/mol. The van der Waals surface area contributed by atoms with E-state index in [-0.39, 0.29) is 11.6 Å². The van der Waals surface area contributed by atoms with E-state index in [0.717, 1.165) is 11.1 Å². The average molecular weight is 375 g/mol. The lowest BCUT2D eigenvalue weighted by atomic mass is 9.86. The Hall–Kier alpha value is -3.66. The van der Waals surface area contributed by atoms with Gasteiger partial charge in [0.05, 0.1) is 17.0 Å². The van der Waals surface area contributed by atoms with Crippen LogP contribution in [-0.4, -0.2) is 28.1 Å². The Kier molecular flexibility index (Phi) is 5.14. The maximum atomic E-state index is 12.5. The molecular formula is C21H21N5O2. The SMILES string of the molecule is CC(NC(=O)c1n[nH]c2ccccc12)C(=O)Nc1ccc(C(C)(C)C#N)cc1. The number of para-hydroxylation sites is 1. The van der Waals surface area contributed by atoms with Crippen molar-refractivity contribution in [3.05, 3.63) is 59.8 Å². The van der Waals surface area contributed by atoms with Crippen molar-refractivity contribution in [3.63, 3.8) is 0 Å². The van der Waals surface area contributed by atoms with Crippen LogP contribution in [-0.2, 0) is 10.2 Å². The van der Waals surface area contributed by atoms with Gasteiger partial charge in [0.1, 0.15) is 6.04 Å². The number of H-pyrrole nitrogens is 1. The number of anilines is 1. The van der Waals surface area contributed by atoms with Gasteiger partial charge in [-0.3, -0.25) is 14.7 Å². The Morgan fingerprint density at radius 3 is 2.50 bits per heavy atom. The second kappa shape index (κ2) is 7.53. The van der Waals surface area contributed by atoms with Crippen LogP contribution in [0.1, 0.15) is 36.8 Å². The third-order valence-electron chi connectivity index (χ3n) is 4.58. The Morgan fingerprint density at radius 1 is 1.14 bits per heavy atom. The van der Waals surface area contributed by atoms with Gasteiger partial charge in [0.2, 0.25) is 5.91 Å². The van der Waals surface area contributed by atoms with Crippen LogP contribution < -0.4 is 10.6 Å². The fraction of sp³-hybridized carbons (Fsp3) is 0.238. The lowest BCUT2D eigenvalue weighted by molar-refractivity contribution is -0.117. The molecular weight excluding hydrogens is 354 g/mol. The summed E-state index contributed by atoms with van der Waals surface area (Å²) in [4.78, 5) is 24.9. The summed E-state index contributed by atoms with van der Waals surface area (Å²) < 4.78 is 0. The minimum Gasteiger partial charge on any atom is -0.339 e. The third-order valence-corrected chi connectivity index (χ3v) is 4.58. The number of benzene rings is 2. The average Bonchev–Trinajstić information content (AvgIpc) is 3.12. The Balaban J connectivity index is 1.65. The number of nitrogens with one attached hydrogen (secondary N) is 3. The molecule has 0 aliphatic heterocycles. The number of rotatable bonds is 5. The van der Waals surface area contributed by atoms with Crippen LogP contribution in [0.15, 0.2) is 48.5 Å². The molecule has 28 heavy (non-hydrogen) atoms. The van der Waals surface area contributed by atoms with Crippen molar-refractivity contribution in [2.45, 2.75) is 32.2 Å². The van der Waals surface area contributed by atoms with Crippen LogP contribution in [0.2, 0.25) is 0 Å². The first-order chi connectivity index (χ1) is 13.3. The summed E-state index contributed by atoms with van der Waals surface area (Å²) in [5.74, 6) is -0.772. The molecule has 0 radical (unpaired) electrons. The van der Waals surface area contributed by atoms with Gasteiger partial charge in [0.15, 0.2) is 5.69 Å². The molecule has 0 fully saturated rings. The molecule has 0 saturated heterocycles. The van der Waals surface area contributed by atoms with Crippen LogP contribution in [0.3, 0.4) is 0 Å². The van der Waals surface area contributed by atoms with Gasteiger partial charge in [0, 0.05) is 11.1 Å². The van der Waals surface area contributed by atoms with E-state index in [1.54, 1.807) is 37.3 Å². The Bertz CT molecular complexity index is 1060. The van der Waals surface area contributed by atoms with Crippen LogP contribution in [0.5, 0.6) is 0 Å². The van der Waals surface area contributed by atoms with Gasteiger partial charge in [0.25, 0.3) is 5.91 Å². The largest absolute Gasteiger partial charge is 0.339 e. The second-order valence-corrected chi connectivity index (χ2v) is 7.12. The molecule has 1 atom stereocenters. The normalized spacial score (nSPS) is 12.2. The lowest BCUT2D eigenvalue weighted by Gasteiger charge is -2.17. The molecule has 1 heterocycles. The lowest BCUT2D eigenvalue weighted by Crippen LogP contribution is -2.41. The molecule has 1 unspecified atom stereocenters. The van der Waals surface area contributed by atoms with E-state index >= 15 is 0 Å². The summed E-state index contributed by atoms with van der Waals surface area (Å²) >= 11 is 0. The predicted octanol–water partition coefficient (Wildman–Crippen LogP) is 3.12. The van der Waals surface area contributed by atoms with Crippen molar-refractivity contribution in [2.75, 3.05) is 5.32 Å². The first-order valence-electron chi connectivity index (χ1n) is 8.88. The summed E-state index contributed by atoms with van der Waals surface area (Å²) in [5.41, 5.74) is 1.85. The van der Waals surface area contributed by atoms with Crippen molar-refractivity contribution >= 4 is 28.4 Å². The van der Waals surface area contributed by atoms with E-state index in [2.05, 4.69) is 26.9 Å². The summed E-state index contributed by atoms with van der Waals surface area (Å²) in [7, 11) is 0. The molecule has 7 heteroatoms. The first kappa shape index (κ1) is 19.1. The van der Waals surface area contributed by atoms with E-state index < -0.39 is 17.4 Å². The summed E-state index contributed by atoms with van der Waals surface area (Å²) in [6.07, 6.45) is 0. The van der Waals surface area contributed by atoms with Crippen molar-refractivity contribution in [1.29, 1.82) is 5.26 Å². The minimum atomic E-state index is -0.752. The zero-order valence-corrected chi connectivity index (χ0v) is 15.9. The Morgan fingerprint density at radius 2 is 1.82 bits per heavy atom. The number of hydrogen-bond donors (Lipinski definition) is 3. The van der Waals surface area contributed by atoms with Gasteiger partial charge in [-0.15, -0.1) is 0 Å². The smallest absolute Gasteiger partial charge is 0.273 e. The molecule has 142 valence electrons. The van der Waals surface area contributed by atoms with Crippen LogP contribution in [0.25, 0.3) is 10.9 Å². The van der Waals surface area contributed by atoms with E-state index in [1.165, 1.54) is 0 Å². The highest BCUT2D eigenvalue weighted by atomic mass is 16.2. The molecule has 7 nitrogen and oxygen atoms in total. The van der Waals surface area contributed by atoms with Crippen molar-refractivity contribution < 1.29 is 9.59 Å². The molecule has 2 aromatic carbocycles. The molecule has 0 aliphatic rings. The molecule has 3 rings (SSSR count). The Labute approximate surface area is 162 Å². The zero-order chi connectivity index (χ0) is 20.3. The fourth-order valence-electron chi connectivity index (χ4n) is 2.75. The van der Waals surface area contributed by atoms with Gasteiger partial charge >= 0.3 is 0 Å². The van der Waals surface area contributed by atoms with Crippen LogP contribution in [0, 0.1) is 11.3 Å². The van der Waals surface area contributed by atoms with Crippen molar-refractivity contribution in [2.24, 2.45) is 0 Å². The summed E-state index contributed by atoms with van der Waals surface area (Å²) in [5, 5.41) is 22.2. The van der Waals surface area contributed by atoms with Crippen LogP contribution >= 0.6 is 0 Å². The zero-order valence-electron chi connectivity index (χ0n) is 15.9. The van der Waals surface area contributed by atoms with Crippen molar-refractivity contribution in [1.82, 2.24) is 15.5 Å². The first-order valence-corrected chi connectivity index (χ1v) is 8.88. The fourth-order valence-corrected chi connectivity index (χ4v) is 2.75. The molecule has 1 aromatic heterocycles. The number of carbonyl (C=O) groups is 2. The quantitative estimate of drug-likeness (QED) is 0.636. The van der Waals surface area contributed by atoms with E-state index in [0.29, 0.717) is 11.1 Å². The number of aromatic amines is 1. The number of fused-ring (bicyclic) bond motifs is 1. The van der Waals surface area contributed by atoms with Gasteiger partial charge in [-0.2, -0.15) is 10.4 Å². The van der Waals surface area contributed by atoms with Crippen molar-refractivity contribution in [3.8, 4) is 6.07 Å². The number of carbonyl (C=O) groups excluding carboxylic acids is 2. The minimum absolute atomic E-state index is 0.248. The molecule has 0 spiro atoms. The highest BCUT2D eigenvalue weighted by Gasteiger charge is 2.21. The third kappa shape index (κ3) is 3.86. The molecule has 3 N–H and O–H groups in total.